The molecule has 2 N–H and O–H groups in total. The number of nitrogens with one attached hydrogen (secondary N) is 2. The molecule has 0 aliphatic carbocycles. The summed E-state index contributed by atoms with van der Waals surface area (Å²) < 4.78 is 0. The zero-order valence-electron chi connectivity index (χ0n) is 15.8. The molecule has 140 valence electrons. The van der Waals surface area contributed by atoms with Crippen molar-refractivity contribution >= 4 is 23.4 Å². The van der Waals surface area contributed by atoms with E-state index in [1.807, 2.05) is 12.1 Å². The molecule has 1 fully saturated rings. The average molecular weight is 367 g/mol. The van der Waals surface area contributed by atoms with Gasteiger partial charge in [-0.1, -0.05) is 11.6 Å². The lowest BCUT2D eigenvalue weighted by molar-refractivity contribution is 0.282. The number of hydrogen-bond acceptors (Lipinski definition) is 4. The van der Waals surface area contributed by atoms with E-state index in [4.69, 9.17) is 16.6 Å². The highest BCUT2D eigenvalue weighted by Gasteiger charge is 2.25. The van der Waals surface area contributed by atoms with Gasteiger partial charge in [0.15, 0.2) is 5.96 Å². The van der Waals surface area contributed by atoms with Gasteiger partial charge in [0.2, 0.25) is 0 Å². The summed E-state index contributed by atoms with van der Waals surface area (Å²) in [6.45, 7) is 10.9. The number of anilines is 1. The van der Waals surface area contributed by atoms with Gasteiger partial charge in [-0.25, -0.2) is 4.98 Å². The Balaban J connectivity index is 1.89. The highest BCUT2D eigenvalue weighted by atomic mass is 35.5. The molecule has 7 heteroatoms. The first-order valence-corrected chi connectivity index (χ1v) is 9.49. The second kappa shape index (κ2) is 9.82. The topological polar surface area (TPSA) is 55.8 Å². The molecule has 0 spiro atoms. The quantitative estimate of drug-likeness (QED) is 0.572. The molecule has 0 bridgehead atoms. The van der Waals surface area contributed by atoms with E-state index in [2.05, 4.69) is 53.2 Å². The van der Waals surface area contributed by atoms with Gasteiger partial charge in [-0.15, -0.1) is 0 Å². The smallest absolute Gasteiger partial charge is 0.191 e. The lowest BCUT2D eigenvalue weighted by Crippen LogP contribution is -2.45. The molecule has 0 aromatic carbocycles. The van der Waals surface area contributed by atoms with Crippen LogP contribution in [0, 0.1) is 0 Å². The first-order valence-electron chi connectivity index (χ1n) is 9.11. The molecule has 2 heterocycles. The minimum atomic E-state index is 0.346. The van der Waals surface area contributed by atoms with Gasteiger partial charge in [-0.3, -0.25) is 4.99 Å². The lowest BCUT2D eigenvalue weighted by atomic mass is 10.3. The van der Waals surface area contributed by atoms with E-state index >= 15 is 0 Å². The summed E-state index contributed by atoms with van der Waals surface area (Å²) in [5.74, 6) is 1.76. The molecule has 1 atom stereocenters. The molecule has 25 heavy (non-hydrogen) atoms. The zero-order valence-corrected chi connectivity index (χ0v) is 16.6. The van der Waals surface area contributed by atoms with Crippen LogP contribution in [0.2, 0.25) is 5.02 Å². The SMILES string of the molecule is CCNC(=NCCN(C)C(C)C)NC1CCN(c2ncccc2Cl)C1. The van der Waals surface area contributed by atoms with Gasteiger partial charge in [0.25, 0.3) is 0 Å². The maximum absolute atomic E-state index is 6.27. The van der Waals surface area contributed by atoms with Crippen LogP contribution in [0.15, 0.2) is 23.3 Å². The Kier molecular flexibility index (Phi) is 7.78. The number of aromatic nitrogens is 1. The van der Waals surface area contributed by atoms with Crippen LogP contribution in [0.3, 0.4) is 0 Å². The van der Waals surface area contributed by atoms with Crippen LogP contribution in [0.25, 0.3) is 0 Å². The molecule has 1 unspecified atom stereocenters. The fourth-order valence-corrected chi connectivity index (χ4v) is 3.01. The van der Waals surface area contributed by atoms with Gasteiger partial charge in [0, 0.05) is 44.5 Å². The molecule has 0 amide bonds. The fraction of sp³-hybridized carbons (Fsp3) is 0.667. The minimum Gasteiger partial charge on any atom is -0.357 e. The van der Waals surface area contributed by atoms with E-state index in [-0.39, 0.29) is 0 Å². The summed E-state index contributed by atoms with van der Waals surface area (Å²) in [6, 6.07) is 4.64. The van der Waals surface area contributed by atoms with Crippen LogP contribution >= 0.6 is 11.6 Å². The van der Waals surface area contributed by atoms with E-state index in [0.29, 0.717) is 17.1 Å². The highest BCUT2D eigenvalue weighted by Crippen LogP contribution is 2.25. The number of aliphatic imine (C=N–C) groups is 1. The Morgan fingerprint density at radius 1 is 1.52 bits per heavy atom. The number of guanidine groups is 1. The summed E-state index contributed by atoms with van der Waals surface area (Å²) in [7, 11) is 2.13. The maximum Gasteiger partial charge on any atom is 0.191 e. The van der Waals surface area contributed by atoms with Crippen molar-refractivity contribution in [3.8, 4) is 0 Å². The molecule has 1 aromatic rings. The van der Waals surface area contributed by atoms with Crippen molar-refractivity contribution < 1.29 is 0 Å². The Hall–Kier alpha value is -1.53. The van der Waals surface area contributed by atoms with Crippen molar-refractivity contribution in [2.45, 2.75) is 39.3 Å². The predicted octanol–water partition coefficient (Wildman–Crippen LogP) is 2.21. The molecular formula is C18H31ClN6. The Labute approximate surface area is 156 Å². The summed E-state index contributed by atoms with van der Waals surface area (Å²) >= 11 is 6.27. The van der Waals surface area contributed by atoms with Crippen molar-refractivity contribution in [1.29, 1.82) is 0 Å². The van der Waals surface area contributed by atoms with E-state index < -0.39 is 0 Å². The lowest BCUT2D eigenvalue weighted by Gasteiger charge is -2.21. The van der Waals surface area contributed by atoms with Gasteiger partial charge < -0.3 is 20.4 Å². The molecule has 1 saturated heterocycles. The Bertz CT molecular complexity index is 562. The van der Waals surface area contributed by atoms with Crippen molar-refractivity contribution in [2.24, 2.45) is 4.99 Å². The van der Waals surface area contributed by atoms with Gasteiger partial charge in [-0.2, -0.15) is 0 Å². The standard InChI is InChI=1S/C18H31ClN6/c1-5-20-18(22-10-12-24(4)14(2)3)23-15-8-11-25(13-15)17-16(19)7-6-9-21-17/h6-7,9,14-15H,5,8,10-13H2,1-4H3,(H2,20,22,23). The highest BCUT2D eigenvalue weighted by molar-refractivity contribution is 6.32. The second-order valence-electron chi connectivity index (χ2n) is 6.72. The van der Waals surface area contributed by atoms with Gasteiger partial charge in [0.1, 0.15) is 5.82 Å². The zero-order chi connectivity index (χ0) is 18.2. The number of nitrogens with zero attached hydrogens (tertiary/aromatic N) is 4. The molecule has 6 nitrogen and oxygen atoms in total. The van der Waals surface area contributed by atoms with Gasteiger partial charge >= 0.3 is 0 Å². The molecule has 1 aromatic heterocycles. The molecule has 0 radical (unpaired) electrons. The van der Waals surface area contributed by atoms with E-state index in [0.717, 1.165) is 50.9 Å². The molecule has 2 rings (SSSR count). The number of rotatable bonds is 7. The molecule has 0 saturated carbocycles. The third-order valence-electron chi connectivity index (χ3n) is 4.52. The molecule has 1 aliphatic rings. The van der Waals surface area contributed by atoms with E-state index in [9.17, 15) is 0 Å². The fourth-order valence-electron chi connectivity index (χ4n) is 2.77. The normalized spacial score (nSPS) is 18.3. The third-order valence-corrected chi connectivity index (χ3v) is 4.81. The average Bonchev–Trinajstić information content (AvgIpc) is 3.03. The van der Waals surface area contributed by atoms with Gasteiger partial charge in [-0.05, 0) is 46.4 Å². The van der Waals surface area contributed by atoms with Gasteiger partial charge in [0.05, 0.1) is 11.6 Å². The van der Waals surface area contributed by atoms with Crippen molar-refractivity contribution in [1.82, 2.24) is 20.5 Å². The molecular weight excluding hydrogens is 336 g/mol. The Morgan fingerprint density at radius 3 is 3.00 bits per heavy atom. The van der Waals surface area contributed by atoms with Crippen molar-refractivity contribution in [3.63, 3.8) is 0 Å². The third kappa shape index (κ3) is 6.04. The van der Waals surface area contributed by atoms with Crippen LogP contribution in [0.4, 0.5) is 5.82 Å². The van der Waals surface area contributed by atoms with Crippen LogP contribution in [-0.2, 0) is 0 Å². The largest absolute Gasteiger partial charge is 0.357 e. The van der Waals surface area contributed by atoms with Crippen LogP contribution in [0.1, 0.15) is 27.2 Å². The monoisotopic (exact) mass is 366 g/mol. The van der Waals surface area contributed by atoms with Crippen LogP contribution in [-0.4, -0.2) is 67.7 Å². The van der Waals surface area contributed by atoms with Crippen LogP contribution < -0.4 is 15.5 Å². The maximum atomic E-state index is 6.27. The van der Waals surface area contributed by atoms with E-state index in [1.165, 1.54) is 0 Å². The summed E-state index contributed by atoms with van der Waals surface area (Å²) in [4.78, 5) is 13.6. The number of likely N-dealkylation sites (N-methyl/N-ethyl adjacent to an activating group) is 1. The number of halogens is 1. The van der Waals surface area contributed by atoms with Crippen molar-refractivity contribution in [2.75, 3.05) is 44.7 Å². The van der Waals surface area contributed by atoms with Crippen molar-refractivity contribution in [3.05, 3.63) is 23.4 Å². The van der Waals surface area contributed by atoms with E-state index in [1.54, 1.807) is 6.20 Å². The number of pyridine rings is 1. The summed E-state index contributed by atoms with van der Waals surface area (Å²) in [6.07, 6.45) is 2.84. The predicted molar refractivity (Wildman–Crippen MR) is 107 cm³/mol. The molecule has 1 aliphatic heterocycles. The second-order valence-corrected chi connectivity index (χ2v) is 7.13. The first kappa shape index (κ1) is 19.8. The van der Waals surface area contributed by atoms with Crippen LogP contribution in [0.5, 0.6) is 0 Å². The minimum absolute atomic E-state index is 0.346. The first-order chi connectivity index (χ1) is 12.0. The summed E-state index contributed by atoms with van der Waals surface area (Å²) in [5.41, 5.74) is 0. The number of hydrogen-bond donors (Lipinski definition) is 2. The summed E-state index contributed by atoms with van der Waals surface area (Å²) in [5, 5.41) is 7.59. The Morgan fingerprint density at radius 2 is 2.32 bits per heavy atom.